The normalized spacial score (nSPS) is 13.1. The molecule has 0 aliphatic rings. The van der Waals surface area contributed by atoms with Crippen molar-refractivity contribution in [2.24, 2.45) is 10.1 Å². The lowest BCUT2D eigenvalue weighted by Crippen LogP contribution is -2.16. The number of hydrogen-bond acceptors (Lipinski definition) is 5. The third-order valence-electron chi connectivity index (χ3n) is 4.85. The summed E-state index contributed by atoms with van der Waals surface area (Å²) >= 11 is 1.51. The number of non-ortho nitro benzene ring substituents is 1. The number of benzene rings is 2. The molecule has 0 fully saturated rings. The number of rotatable bonds is 5. The van der Waals surface area contributed by atoms with Gasteiger partial charge in [0.05, 0.1) is 16.3 Å². The molecule has 3 rings (SSSR count). The molecule has 0 radical (unpaired) electrons. The first-order valence-electron chi connectivity index (χ1n) is 10.2. The molecule has 0 bridgehead atoms. The van der Waals surface area contributed by atoms with Gasteiger partial charge in [0.2, 0.25) is 4.80 Å². The zero-order chi connectivity index (χ0) is 22.8. The van der Waals surface area contributed by atoms with Gasteiger partial charge in [-0.1, -0.05) is 45.0 Å². The van der Waals surface area contributed by atoms with Gasteiger partial charge in [0.15, 0.2) is 0 Å². The van der Waals surface area contributed by atoms with E-state index in [0.717, 1.165) is 27.3 Å². The summed E-state index contributed by atoms with van der Waals surface area (Å²) in [6.07, 6.45) is 0. The summed E-state index contributed by atoms with van der Waals surface area (Å²) in [5.41, 5.74) is 5.05. The molecular formula is C24H28N4O2S. The van der Waals surface area contributed by atoms with E-state index in [9.17, 15) is 10.1 Å². The van der Waals surface area contributed by atoms with Gasteiger partial charge in [-0.05, 0) is 49.4 Å². The van der Waals surface area contributed by atoms with Crippen LogP contribution >= 0.6 is 11.3 Å². The van der Waals surface area contributed by atoms with Crippen molar-refractivity contribution in [3.05, 3.63) is 80.0 Å². The van der Waals surface area contributed by atoms with Crippen molar-refractivity contribution >= 4 is 22.7 Å². The minimum Gasteiger partial charge on any atom is -0.258 e. The summed E-state index contributed by atoms with van der Waals surface area (Å²) < 4.78 is 1.83. The predicted molar refractivity (Wildman–Crippen MR) is 128 cm³/mol. The SMILES string of the molecule is C/C(=N\n1c(-c2ccc([N+](=O)[O-])cc2)csc1=NC(C)C)c1ccc(C(C)(C)C)cc1. The van der Waals surface area contributed by atoms with Gasteiger partial charge in [-0.2, -0.15) is 5.10 Å². The number of thiazole rings is 1. The molecule has 0 aliphatic carbocycles. The molecule has 0 saturated heterocycles. The van der Waals surface area contributed by atoms with E-state index >= 15 is 0 Å². The van der Waals surface area contributed by atoms with Crippen LogP contribution in [0.4, 0.5) is 5.69 Å². The van der Waals surface area contributed by atoms with Gasteiger partial charge in [0, 0.05) is 29.1 Å². The number of nitrogens with zero attached hydrogens (tertiary/aromatic N) is 4. The number of aromatic nitrogens is 1. The van der Waals surface area contributed by atoms with E-state index in [-0.39, 0.29) is 17.1 Å². The van der Waals surface area contributed by atoms with Crippen LogP contribution in [0.3, 0.4) is 0 Å². The summed E-state index contributed by atoms with van der Waals surface area (Å²) in [7, 11) is 0. The van der Waals surface area contributed by atoms with Crippen LogP contribution in [0.25, 0.3) is 11.3 Å². The first kappa shape index (κ1) is 22.6. The Bertz CT molecular complexity index is 1160. The summed E-state index contributed by atoms with van der Waals surface area (Å²) in [4.78, 5) is 16.1. The van der Waals surface area contributed by atoms with Crippen LogP contribution in [0.1, 0.15) is 52.7 Å². The molecule has 7 heteroatoms. The number of nitro groups is 1. The third kappa shape index (κ3) is 5.35. The van der Waals surface area contributed by atoms with Crippen LogP contribution < -0.4 is 4.80 Å². The Morgan fingerprint density at radius 1 is 1.06 bits per heavy atom. The molecule has 162 valence electrons. The van der Waals surface area contributed by atoms with E-state index in [4.69, 9.17) is 10.1 Å². The first-order chi connectivity index (χ1) is 14.6. The second-order valence-electron chi connectivity index (χ2n) is 8.75. The zero-order valence-corrected chi connectivity index (χ0v) is 19.6. The van der Waals surface area contributed by atoms with E-state index in [1.165, 1.54) is 29.0 Å². The molecular weight excluding hydrogens is 408 g/mol. The number of hydrogen-bond donors (Lipinski definition) is 0. The van der Waals surface area contributed by atoms with Crippen molar-refractivity contribution in [3.63, 3.8) is 0 Å². The van der Waals surface area contributed by atoms with Gasteiger partial charge in [0.1, 0.15) is 0 Å². The van der Waals surface area contributed by atoms with E-state index in [2.05, 4.69) is 45.0 Å². The largest absolute Gasteiger partial charge is 0.269 e. The van der Waals surface area contributed by atoms with Crippen LogP contribution in [0.15, 0.2) is 64.0 Å². The maximum atomic E-state index is 11.0. The molecule has 1 heterocycles. The van der Waals surface area contributed by atoms with Gasteiger partial charge in [0.25, 0.3) is 5.69 Å². The zero-order valence-electron chi connectivity index (χ0n) is 18.8. The highest BCUT2D eigenvalue weighted by Crippen LogP contribution is 2.24. The number of nitro benzene ring substituents is 1. The smallest absolute Gasteiger partial charge is 0.258 e. The van der Waals surface area contributed by atoms with E-state index in [0.29, 0.717) is 0 Å². The maximum Gasteiger partial charge on any atom is 0.269 e. The predicted octanol–water partition coefficient (Wildman–Crippen LogP) is 6.00. The third-order valence-corrected chi connectivity index (χ3v) is 5.68. The summed E-state index contributed by atoms with van der Waals surface area (Å²) in [5, 5.41) is 17.9. The molecule has 0 saturated carbocycles. The topological polar surface area (TPSA) is 72.8 Å². The van der Waals surface area contributed by atoms with Crippen molar-refractivity contribution in [1.29, 1.82) is 0 Å². The highest BCUT2D eigenvalue weighted by molar-refractivity contribution is 7.07. The van der Waals surface area contributed by atoms with Crippen LogP contribution in [0.5, 0.6) is 0 Å². The molecule has 0 unspecified atom stereocenters. The molecule has 0 atom stereocenters. The van der Waals surface area contributed by atoms with Crippen molar-refractivity contribution < 1.29 is 4.92 Å². The Balaban J connectivity index is 2.08. The lowest BCUT2D eigenvalue weighted by molar-refractivity contribution is -0.384. The molecule has 1 aromatic heterocycles. The Kier molecular flexibility index (Phi) is 6.55. The van der Waals surface area contributed by atoms with E-state index in [1.807, 2.05) is 30.8 Å². The Labute approximate surface area is 186 Å². The van der Waals surface area contributed by atoms with Gasteiger partial charge in [-0.25, -0.2) is 4.68 Å². The maximum absolute atomic E-state index is 11.0. The van der Waals surface area contributed by atoms with Crippen LogP contribution in [-0.4, -0.2) is 21.4 Å². The van der Waals surface area contributed by atoms with Gasteiger partial charge >= 0.3 is 0 Å². The monoisotopic (exact) mass is 436 g/mol. The molecule has 0 aliphatic heterocycles. The summed E-state index contributed by atoms with van der Waals surface area (Å²) in [6.45, 7) is 12.6. The average molecular weight is 437 g/mol. The van der Waals surface area contributed by atoms with Crippen molar-refractivity contribution in [3.8, 4) is 11.3 Å². The Morgan fingerprint density at radius 3 is 2.19 bits per heavy atom. The minimum atomic E-state index is -0.394. The van der Waals surface area contributed by atoms with Gasteiger partial charge in [-0.15, -0.1) is 11.3 Å². The lowest BCUT2D eigenvalue weighted by atomic mass is 9.86. The van der Waals surface area contributed by atoms with Crippen LogP contribution in [0, 0.1) is 10.1 Å². The van der Waals surface area contributed by atoms with Crippen LogP contribution in [-0.2, 0) is 5.41 Å². The van der Waals surface area contributed by atoms with Crippen molar-refractivity contribution in [1.82, 2.24) is 4.68 Å². The first-order valence-corrected chi connectivity index (χ1v) is 11.1. The highest BCUT2D eigenvalue weighted by Gasteiger charge is 2.14. The fraction of sp³-hybridized carbons (Fsp3) is 0.333. The van der Waals surface area contributed by atoms with Crippen molar-refractivity contribution in [2.75, 3.05) is 0 Å². The molecule has 6 nitrogen and oxygen atoms in total. The second kappa shape index (κ2) is 8.98. The average Bonchev–Trinajstić information content (AvgIpc) is 3.09. The fourth-order valence-corrected chi connectivity index (χ4v) is 4.04. The fourth-order valence-electron chi connectivity index (χ4n) is 3.08. The molecule has 0 amide bonds. The van der Waals surface area contributed by atoms with Crippen LogP contribution in [0.2, 0.25) is 0 Å². The minimum absolute atomic E-state index is 0.0660. The summed E-state index contributed by atoms with van der Waals surface area (Å²) in [6, 6.07) is 15.1. The van der Waals surface area contributed by atoms with Gasteiger partial charge in [-0.3, -0.25) is 15.1 Å². The molecule has 31 heavy (non-hydrogen) atoms. The Hall–Kier alpha value is -3.06. The lowest BCUT2D eigenvalue weighted by Gasteiger charge is -2.19. The standard InChI is InChI=1S/C24H28N4O2S/c1-16(2)25-23-27(22(15-31-23)19-9-13-21(14-10-19)28(29)30)26-17(3)18-7-11-20(12-8-18)24(4,5)6/h7-16H,1-6H3/b25-23?,26-17+. The quantitative estimate of drug-likeness (QED) is 0.279. The molecule has 3 aromatic rings. The second-order valence-corrected chi connectivity index (χ2v) is 9.59. The van der Waals surface area contributed by atoms with E-state index < -0.39 is 4.92 Å². The van der Waals surface area contributed by atoms with Gasteiger partial charge < -0.3 is 0 Å². The highest BCUT2D eigenvalue weighted by atomic mass is 32.1. The molecule has 2 aromatic carbocycles. The van der Waals surface area contributed by atoms with Crippen molar-refractivity contribution in [2.45, 2.75) is 53.0 Å². The Morgan fingerprint density at radius 2 is 1.68 bits per heavy atom. The molecule has 0 spiro atoms. The summed E-state index contributed by atoms with van der Waals surface area (Å²) in [5.74, 6) is 0. The molecule has 0 N–H and O–H groups in total. The van der Waals surface area contributed by atoms with E-state index in [1.54, 1.807) is 12.1 Å².